The fourth-order valence-corrected chi connectivity index (χ4v) is 3.64. The highest BCUT2D eigenvalue weighted by Gasteiger charge is 2.22. The Balaban J connectivity index is 2.05. The Hall–Kier alpha value is -0.940. The Kier molecular flexibility index (Phi) is 4.35. The minimum atomic E-state index is -0.734. The SMILES string of the molecule is Cc1nc(C2CCCN(C)C2)sc1CCC(=O)O. The average Bonchev–Trinajstić information content (AvgIpc) is 2.68. The van der Waals surface area contributed by atoms with Crippen molar-refractivity contribution in [2.24, 2.45) is 0 Å². The number of rotatable bonds is 4. The molecule has 0 bridgehead atoms. The number of piperidine rings is 1. The topological polar surface area (TPSA) is 53.4 Å². The zero-order valence-corrected chi connectivity index (χ0v) is 11.8. The van der Waals surface area contributed by atoms with E-state index in [2.05, 4.69) is 16.9 Å². The maximum Gasteiger partial charge on any atom is 0.303 e. The number of aryl methyl sites for hydroxylation is 2. The molecular formula is C13H20N2O2S. The Morgan fingerprint density at radius 3 is 3.06 bits per heavy atom. The minimum Gasteiger partial charge on any atom is -0.481 e. The second-order valence-corrected chi connectivity index (χ2v) is 6.17. The molecule has 2 heterocycles. The van der Waals surface area contributed by atoms with E-state index in [0.717, 1.165) is 17.1 Å². The van der Waals surface area contributed by atoms with Crippen LogP contribution in [0.5, 0.6) is 0 Å². The van der Waals surface area contributed by atoms with Crippen molar-refractivity contribution in [3.05, 3.63) is 15.6 Å². The Bertz CT molecular complexity index is 431. The highest BCUT2D eigenvalue weighted by atomic mass is 32.1. The van der Waals surface area contributed by atoms with Gasteiger partial charge in [-0.2, -0.15) is 0 Å². The van der Waals surface area contributed by atoms with Gasteiger partial charge in [0, 0.05) is 17.3 Å². The Morgan fingerprint density at radius 2 is 2.39 bits per heavy atom. The van der Waals surface area contributed by atoms with Crippen LogP contribution in [-0.2, 0) is 11.2 Å². The lowest BCUT2D eigenvalue weighted by atomic mass is 9.99. The quantitative estimate of drug-likeness (QED) is 0.910. The molecule has 5 heteroatoms. The van der Waals surface area contributed by atoms with Crippen molar-refractivity contribution in [2.45, 2.75) is 38.5 Å². The maximum atomic E-state index is 10.6. The van der Waals surface area contributed by atoms with Gasteiger partial charge >= 0.3 is 5.97 Å². The largest absolute Gasteiger partial charge is 0.481 e. The maximum absolute atomic E-state index is 10.6. The van der Waals surface area contributed by atoms with Gasteiger partial charge in [-0.25, -0.2) is 4.98 Å². The summed E-state index contributed by atoms with van der Waals surface area (Å²) in [6, 6.07) is 0. The van der Waals surface area contributed by atoms with E-state index < -0.39 is 5.97 Å². The van der Waals surface area contributed by atoms with Gasteiger partial charge in [-0.3, -0.25) is 4.79 Å². The zero-order valence-electron chi connectivity index (χ0n) is 11.0. The van der Waals surface area contributed by atoms with Gasteiger partial charge < -0.3 is 10.0 Å². The monoisotopic (exact) mass is 268 g/mol. The lowest BCUT2D eigenvalue weighted by molar-refractivity contribution is -0.136. The van der Waals surface area contributed by atoms with Crippen LogP contribution in [0.4, 0.5) is 0 Å². The Labute approximate surface area is 112 Å². The second kappa shape index (κ2) is 5.80. The molecule has 18 heavy (non-hydrogen) atoms. The van der Waals surface area contributed by atoms with Crippen LogP contribution in [0.2, 0.25) is 0 Å². The number of likely N-dealkylation sites (N-methyl/N-ethyl adjacent to an activating group) is 1. The molecule has 1 aliphatic rings. The van der Waals surface area contributed by atoms with Gasteiger partial charge in [0.2, 0.25) is 0 Å². The first-order valence-electron chi connectivity index (χ1n) is 6.43. The van der Waals surface area contributed by atoms with E-state index in [1.165, 1.54) is 24.4 Å². The predicted molar refractivity (Wildman–Crippen MR) is 72.3 cm³/mol. The second-order valence-electron chi connectivity index (χ2n) is 5.06. The number of hydrogen-bond acceptors (Lipinski definition) is 4. The lowest BCUT2D eigenvalue weighted by Gasteiger charge is -2.28. The molecule has 1 aliphatic heterocycles. The lowest BCUT2D eigenvalue weighted by Crippen LogP contribution is -2.30. The number of aliphatic carboxylic acids is 1. The molecule has 1 fully saturated rings. The molecule has 1 N–H and O–H groups in total. The number of aromatic nitrogens is 1. The molecule has 1 unspecified atom stereocenters. The number of nitrogens with zero attached hydrogens (tertiary/aromatic N) is 2. The molecule has 100 valence electrons. The molecule has 1 atom stereocenters. The third-order valence-corrected chi connectivity index (χ3v) is 4.83. The van der Waals surface area contributed by atoms with Crippen molar-refractivity contribution >= 4 is 17.3 Å². The summed E-state index contributed by atoms with van der Waals surface area (Å²) in [5.74, 6) is -0.201. The van der Waals surface area contributed by atoms with E-state index in [-0.39, 0.29) is 6.42 Å². The third kappa shape index (κ3) is 3.29. The van der Waals surface area contributed by atoms with E-state index in [4.69, 9.17) is 5.11 Å². The van der Waals surface area contributed by atoms with Gasteiger partial charge in [0.25, 0.3) is 0 Å². The van der Waals surface area contributed by atoms with Crippen LogP contribution in [0.1, 0.15) is 40.8 Å². The average molecular weight is 268 g/mol. The summed E-state index contributed by atoms with van der Waals surface area (Å²) in [5.41, 5.74) is 1.02. The first-order chi connectivity index (χ1) is 8.56. The summed E-state index contributed by atoms with van der Waals surface area (Å²) in [4.78, 5) is 18.7. The summed E-state index contributed by atoms with van der Waals surface area (Å²) in [7, 11) is 2.15. The van der Waals surface area contributed by atoms with Crippen LogP contribution in [0.3, 0.4) is 0 Å². The molecule has 0 amide bonds. The highest BCUT2D eigenvalue weighted by Crippen LogP contribution is 2.31. The smallest absolute Gasteiger partial charge is 0.303 e. The number of likely N-dealkylation sites (tertiary alicyclic amines) is 1. The van der Waals surface area contributed by atoms with E-state index in [1.54, 1.807) is 11.3 Å². The molecule has 4 nitrogen and oxygen atoms in total. The Morgan fingerprint density at radius 1 is 1.61 bits per heavy atom. The highest BCUT2D eigenvalue weighted by molar-refractivity contribution is 7.11. The number of carboxylic acid groups (broad SMARTS) is 1. The summed E-state index contributed by atoms with van der Waals surface area (Å²) in [6.07, 6.45) is 3.24. The number of carbonyl (C=O) groups is 1. The van der Waals surface area contributed by atoms with Crippen LogP contribution in [-0.4, -0.2) is 41.1 Å². The van der Waals surface area contributed by atoms with Gasteiger partial charge in [-0.15, -0.1) is 11.3 Å². The molecule has 0 spiro atoms. The molecule has 0 saturated carbocycles. The van der Waals surface area contributed by atoms with Crippen molar-refractivity contribution in [3.63, 3.8) is 0 Å². The van der Waals surface area contributed by atoms with Crippen molar-refractivity contribution in [2.75, 3.05) is 20.1 Å². The molecule has 0 radical (unpaired) electrons. The van der Waals surface area contributed by atoms with Gasteiger partial charge in [0.1, 0.15) is 0 Å². The van der Waals surface area contributed by atoms with Gasteiger partial charge in [-0.1, -0.05) is 0 Å². The van der Waals surface area contributed by atoms with Crippen molar-refractivity contribution < 1.29 is 9.90 Å². The normalized spacial score (nSPS) is 21.1. The van der Waals surface area contributed by atoms with Crippen LogP contribution in [0, 0.1) is 6.92 Å². The summed E-state index contributed by atoms with van der Waals surface area (Å²) >= 11 is 1.71. The molecule has 1 saturated heterocycles. The number of carboxylic acids is 1. The van der Waals surface area contributed by atoms with Crippen LogP contribution in [0.15, 0.2) is 0 Å². The molecule has 2 rings (SSSR count). The van der Waals surface area contributed by atoms with Gasteiger partial charge in [-0.05, 0) is 39.8 Å². The number of hydrogen-bond donors (Lipinski definition) is 1. The zero-order chi connectivity index (χ0) is 13.1. The van der Waals surface area contributed by atoms with Gasteiger partial charge in [0.05, 0.1) is 17.1 Å². The van der Waals surface area contributed by atoms with Crippen molar-refractivity contribution in [1.82, 2.24) is 9.88 Å². The number of thiazole rings is 1. The molecule has 0 aromatic carbocycles. The summed E-state index contributed by atoms with van der Waals surface area (Å²) < 4.78 is 0. The van der Waals surface area contributed by atoms with Gasteiger partial charge in [0.15, 0.2) is 0 Å². The summed E-state index contributed by atoms with van der Waals surface area (Å²) in [5, 5.41) is 9.93. The van der Waals surface area contributed by atoms with Crippen molar-refractivity contribution in [3.8, 4) is 0 Å². The molecule has 1 aromatic heterocycles. The first-order valence-corrected chi connectivity index (χ1v) is 7.24. The van der Waals surface area contributed by atoms with E-state index >= 15 is 0 Å². The molecule has 0 aliphatic carbocycles. The minimum absolute atomic E-state index is 0.201. The molecular weight excluding hydrogens is 248 g/mol. The summed E-state index contributed by atoms with van der Waals surface area (Å²) in [6.45, 7) is 4.24. The fraction of sp³-hybridized carbons (Fsp3) is 0.692. The standard InChI is InChI=1S/C13H20N2O2S/c1-9-11(5-6-12(16)17)18-13(14-9)10-4-3-7-15(2)8-10/h10H,3-8H2,1-2H3,(H,16,17). The van der Waals surface area contributed by atoms with E-state index in [0.29, 0.717) is 12.3 Å². The van der Waals surface area contributed by atoms with Crippen LogP contribution < -0.4 is 0 Å². The van der Waals surface area contributed by atoms with Crippen LogP contribution >= 0.6 is 11.3 Å². The third-order valence-electron chi connectivity index (χ3n) is 3.45. The van der Waals surface area contributed by atoms with E-state index in [1.807, 2.05) is 6.92 Å². The van der Waals surface area contributed by atoms with E-state index in [9.17, 15) is 4.79 Å². The fourth-order valence-electron chi connectivity index (χ4n) is 2.45. The predicted octanol–water partition coefficient (Wildman–Crippen LogP) is 2.28. The first kappa shape index (κ1) is 13.5. The van der Waals surface area contributed by atoms with Crippen molar-refractivity contribution in [1.29, 1.82) is 0 Å². The van der Waals surface area contributed by atoms with Crippen LogP contribution in [0.25, 0.3) is 0 Å². The molecule has 1 aromatic rings.